The maximum absolute atomic E-state index is 13.3. The molecule has 0 fully saturated rings. The minimum absolute atomic E-state index is 0.244. The van der Waals surface area contributed by atoms with Crippen molar-refractivity contribution in [3.63, 3.8) is 0 Å². The van der Waals surface area contributed by atoms with Gasteiger partial charge in [-0.2, -0.15) is 0 Å². The molecule has 23 heavy (non-hydrogen) atoms. The lowest BCUT2D eigenvalue weighted by atomic mass is 10.1. The lowest BCUT2D eigenvalue weighted by Crippen LogP contribution is -2.14. The normalized spacial score (nSPS) is 10.3. The van der Waals surface area contributed by atoms with Crippen LogP contribution in [0.3, 0.4) is 0 Å². The van der Waals surface area contributed by atoms with E-state index in [-0.39, 0.29) is 11.6 Å². The van der Waals surface area contributed by atoms with E-state index in [2.05, 4.69) is 20.3 Å². The quantitative estimate of drug-likeness (QED) is 0.806. The van der Waals surface area contributed by atoms with Gasteiger partial charge >= 0.3 is 0 Å². The van der Waals surface area contributed by atoms with Gasteiger partial charge in [-0.1, -0.05) is 0 Å². The molecule has 114 valence electrons. The monoisotopic (exact) mass is 308 g/mol. The fourth-order valence-corrected chi connectivity index (χ4v) is 2.15. The third kappa shape index (κ3) is 3.55. The van der Waals surface area contributed by atoms with Crippen molar-refractivity contribution in [3.05, 3.63) is 72.3 Å². The summed E-state index contributed by atoms with van der Waals surface area (Å²) in [5.41, 5.74) is 2.75. The molecule has 0 unspecified atom stereocenters. The standard InChI is InChI=1S/C17H13FN4O/c1-11-5-12(13-6-14(18)9-20-8-13)7-16(21-11)17(23)22-15-3-2-4-19-10-15/h2-10H,1H3,(H,22,23). The molecular weight excluding hydrogens is 295 g/mol. The molecule has 3 aromatic rings. The highest BCUT2D eigenvalue weighted by molar-refractivity contribution is 6.03. The smallest absolute Gasteiger partial charge is 0.274 e. The van der Waals surface area contributed by atoms with Crippen LogP contribution in [0.15, 0.2) is 55.1 Å². The van der Waals surface area contributed by atoms with Crippen molar-refractivity contribution >= 4 is 11.6 Å². The number of carbonyl (C=O) groups is 1. The molecule has 3 aromatic heterocycles. The van der Waals surface area contributed by atoms with Crippen LogP contribution < -0.4 is 5.32 Å². The first-order valence-corrected chi connectivity index (χ1v) is 6.93. The maximum atomic E-state index is 13.3. The second-order valence-corrected chi connectivity index (χ2v) is 4.97. The third-order valence-corrected chi connectivity index (χ3v) is 3.14. The van der Waals surface area contributed by atoms with Crippen molar-refractivity contribution < 1.29 is 9.18 Å². The van der Waals surface area contributed by atoms with Crippen molar-refractivity contribution in [2.24, 2.45) is 0 Å². The number of amides is 1. The van der Waals surface area contributed by atoms with E-state index in [9.17, 15) is 9.18 Å². The fraction of sp³-hybridized carbons (Fsp3) is 0.0588. The number of nitrogens with one attached hydrogen (secondary N) is 1. The van der Waals surface area contributed by atoms with E-state index >= 15 is 0 Å². The number of halogens is 1. The Labute approximate surface area is 132 Å². The molecule has 0 aromatic carbocycles. The molecule has 5 nitrogen and oxygen atoms in total. The number of pyridine rings is 3. The number of carbonyl (C=O) groups excluding carboxylic acids is 1. The van der Waals surface area contributed by atoms with Crippen LogP contribution in [0.2, 0.25) is 0 Å². The second kappa shape index (κ2) is 6.31. The van der Waals surface area contributed by atoms with Gasteiger partial charge < -0.3 is 5.32 Å². The topological polar surface area (TPSA) is 67.8 Å². The molecule has 0 spiro atoms. The molecule has 0 saturated carbocycles. The summed E-state index contributed by atoms with van der Waals surface area (Å²) in [7, 11) is 0. The minimum Gasteiger partial charge on any atom is -0.319 e. The number of hydrogen-bond donors (Lipinski definition) is 1. The summed E-state index contributed by atoms with van der Waals surface area (Å²) >= 11 is 0. The van der Waals surface area contributed by atoms with Crippen LogP contribution in [0.5, 0.6) is 0 Å². The first kappa shape index (κ1) is 14.8. The molecule has 6 heteroatoms. The molecule has 0 bridgehead atoms. The molecule has 3 rings (SSSR count). The lowest BCUT2D eigenvalue weighted by Gasteiger charge is -2.08. The first-order valence-electron chi connectivity index (χ1n) is 6.93. The van der Waals surface area contributed by atoms with Crippen LogP contribution in [0.25, 0.3) is 11.1 Å². The van der Waals surface area contributed by atoms with E-state index in [0.717, 1.165) is 6.20 Å². The predicted molar refractivity (Wildman–Crippen MR) is 84.4 cm³/mol. The summed E-state index contributed by atoms with van der Waals surface area (Å²) in [6.07, 6.45) is 5.84. The average Bonchev–Trinajstić information content (AvgIpc) is 2.55. The summed E-state index contributed by atoms with van der Waals surface area (Å²) in [5, 5.41) is 2.72. The summed E-state index contributed by atoms with van der Waals surface area (Å²) in [4.78, 5) is 24.3. The SMILES string of the molecule is Cc1cc(-c2cncc(F)c2)cc(C(=O)Nc2cccnc2)n1. The van der Waals surface area contributed by atoms with Crippen molar-refractivity contribution in [2.75, 3.05) is 5.32 Å². The zero-order valence-electron chi connectivity index (χ0n) is 12.3. The zero-order chi connectivity index (χ0) is 16.2. The van der Waals surface area contributed by atoms with Gasteiger partial charge in [0.15, 0.2) is 0 Å². The summed E-state index contributed by atoms with van der Waals surface area (Å²) < 4.78 is 13.3. The highest BCUT2D eigenvalue weighted by Gasteiger charge is 2.11. The predicted octanol–water partition coefficient (Wildman–Crippen LogP) is 3.24. The van der Waals surface area contributed by atoms with Crippen molar-refractivity contribution in [3.8, 4) is 11.1 Å². The minimum atomic E-state index is -0.432. The molecule has 0 saturated heterocycles. The number of rotatable bonds is 3. The molecule has 0 atom stereocenters. The molecule has 0 aliphatic heterocycles. The van der Waals surface area contributed by atoms with E-state index in [1.807, 2.05) is 0 Å². The Morgan fingerprint density at radius 1 is 1.09 bits per heavy atom. The van der Waals surface area contributed by atoms with E-state index in [1.54, 1.807) is 49.8 Å². The van der Waals surface area contributed by atoms with Gasteiger partial charge in [0.2, 0.25) is 0 Å². The molecule has 1 amide bonds. The first-order chi connectivity index (χ1) is 11.1. The van der Waals surface area contributed by atoms with Crippen LogP contribution in [0.4, 0.5) is 10.1 Å². The molecule has 0 aliphatic carbocycles. The van der Waals surface area contributed by atoms with Gasteiger partial charge in [-0.3, -0.25) is 14.8 Å². The van der Waals surface area contributed by atoms with Crippen LogP contribution in [-0.4, -0.2) is 20.9 Å². The van der Waals surface area contributed by atoms with Gasteiger partial charge in [-0.15, -0.1) is 0 Å². The molecule has 1 N–H and O–H groups in total. The number of hydrogen-bond acceptors (Lipinski definition) is 4. The van der Waals surface area contributed by atoms with Gasteiger partial charge in [0.1, 0.15) is 11.5 Å². The van der Waals surface area contributed by atoms with Crippen LogP contribution in [0.1, 0.15) is 16.2 Å². The fourth-order valence-electron chi connectivity index (χ4n) is 2.15. The van der Waals surface area contributed by atoms with E-state index < -0.39 is 5.82 Å². The number of nitrogens with zero attached hydrogens (tertiary/aromatic N) is 3. The third-order valence-electron chi connectivity index (χ3n) is 3.14. The van der Waals surface area contributed by atoms with Crippen molar-refractivity contribution in [1.82, 2.24) is 15.0 Å². The Bertz CT molecular complexity index is 852. The summed E-state index contributed by atoms with van der Waals surface area (Å²) in [6, 6.07) is 8.21. The Morgan fingerprint density at radius 3 is 2.70 bits per heavy atom. The maximum Gasteiger partial charge on any atom is 0.274 e. The summed E-state index contributed by atoms with van der Waals surface area (Å²) in [6.45, 7) is 1.77. The van der Waals surface area contributed by atoms with Gasteiger partial charge in [-0.05, 0) is 42.8 Å². The van der Waals surface area contributed by atoms with Crippen molar-refractivity contribution in [1.29, 1.82) is 0 Å². The largest absolute Gasteiger partial charge is 0.319 e. The molecule has 0 radical (unpaired) electrons. The lowest BCUT2D eigenvalue weighted by molar-refractivity contribution is 0.102. The van der Waals surface area contributed by atoms with E-state index in [1.165, 1.54) is 6.07 Å². The van der Waals surface area contributed by atoms with Crippen molar-refractivity contribution in [2.45, 2.75) is 6.92 Å². The van der Waals surface area contributed by atoms with Crippen LogP contribution >= 0.6 is 0 Å². The Morgan fingerprint density at radius 2 is 1.96 bits per heavy atom. The van der Waals surface area contributed by atoms with E-state index in [4.69, 9.17) is 0 Å². The van der Waals surface area contributed by atoms with Crippen LogP contribution in [-0.2, 0) is 0 Å². The Kier molecular flexibility index (Phi) is 4.05. The van der Waals surface area contributed by atoms with Gasteiger partial charge in [0.05, 0.1) is 18.1 Å². The molecular formula is C17H13FN4O. The Hall–Kier alpha value is -3.15. The van der Waals surface area contributed by atoms with Gasteiger partial charge in [-0.25, -0.2) is 9.37 Å². The van der Waals surface area contributed by atoms with Gasteiger partial charge in [0.25, 0.3) is 5.91 Å². The second-order valence-electron chi connectivity index (χ2n) is 4.97. The molecule has 3 heterocycles. The zero-order valence-corrected chi connectivity index (χ0v) is 12.3. The highest BCUT2D eigenvalue weighted by Crippen LogP contribution is 2.21. The average molecular weight is 308 g/mol. The number of anilines is 1. The summed E-state index contributed by atoms with van der Waals surface area (Å²) in [5.74, 6) is -0.786. The van der Waals surface area contributed by atoms with Crippen LogP contribution in [0, 0.1) is 12.7 Å². The van der Waals surface area contributed by atoms with Gasteiger partial charge in [0, 0.05) is 23.7 Å². The number of aromatic nitrogens is 3. The molecule has 0 aliphatic rings. The Balaban J connectivity index is 1.93. The number of aryl methyl sites for hydroxylation is 1. The highest BCUT2D eigenvalue weighted by atomic mass is 19.1. The van der Waals surface area contributed by atoms with E-state index in [0.29, 0.717) is 22.5 Å².